The van der Waals surface area contributed by atoms with E-state index in [-0.39, 0.29) is 5.91 Å². The largest absolute Gasteiger partial charge is 0.496 e. The van der Waals surface area contributed by atoms with Crippen molar-refractivity contribution in [2.24, 2.45) is 5.92 Å². The Kier molecular flexibility index (Phi) is 6.47. The van der Waals surface area contributed by atoms with Gasteiger partial charge in [-0.05, 0) is 62.8 Å². The summed E-state index contributed by atoms with van der Waals surface area (Å²) in [5.74, 6) is 1.99. The number of nitrogens with zero attached hydrogens (tertiary/aromatic N) is 3. The summed E-state index contributed by atoms with van der Waals surface area (Å²) >= 11 is 1.53. The van der Waals surface area contributed by atoms with Crippen molar-refractivity contribution in [3.05, 3.63) is 58.5 Å². The molecule has 1 saturated carbocycles. The first kappa shape index (κ1) is 23.4. The Morgan fingerprint density at radius 2 is 2.00 bits per heavy atom. The maximum Gasteiger partial charge on any atom is 0.274 e. The lowest BCUT2D eigenvalue weighted by Crippen LogP contribution is -2.35. The highest BCUT2D eigenvalue weighted by atomic mass is 32.1. The first-order valence-electron chi connectivity index (χ1n) is 11.9. The van der Waals surface area contributed by atoms with Gasteiger partial charge < -0.3 is 19.4 Å². The first-order valence-corrected chi connectivity index (χ1v) is 12.7. The highest BCUT2D eigenvalue weighted by molar-refractivity contribution is 7.15. The van der Waals surface area contributed by atoms with Crippen molar-refractivity contribution in [3.8, 4) is 22.1 Å². The second-order valence-corrected chi connectivity index (χ2v) is 10.3. The van der Waals surface area contributed by atoms with E-state index in [1.807, 2.05) is 36.1 Å². The molecule has 0 saturated heterocycles. The van der Waals surface area contributed by atoms with Gasteiger partial charge in [0.15, 0.2) is 0 Å². The molecule has 35 heavy (non-hydrogen) atoms. The fourth-order valence-corrected chi connectivity index (χ4v) is 5.48. The minimum atomic E-state index is -0.0128. The van der Waals surface area contributed by atoms with Gasteiger partial charge in [-0.3, -0.25) is 4.79 Å². The molecule has 0 bridgehead atoms. The molecule has 0 unspecified atom stereocenters. The highest BCUT2D eigenvalue weighted by Gasteiger charge is 2.30. The third kappa shape index (κ3) is 4.75. The number of hydrogen-bond donors (Lipinski definition) is 1. The molecule has 4 aromatic rings. The summed E-state index contributed by atoms with van der Waals surface area (Å²) in [7, 11) is 3.29. The normalized spacial score (nSPS) is 13.3. The van der Waals surface area contributed by atoms with Crippen LogP contribution in [0.1, 0.15) is 39.5 Å². The number of nitrogens with one attached hydrogen (secondary N) is 1. The van der Waals surface area contributed by atoms with E-state index in [4.69, 9.17) is 9.47 Å². The number of fused-ring (bicyclic) bond motifs is 1. The zero-order valence-corrected chi connectivity index (χ0v) is 21.4. The third-order valence-corrected chi connectivity index (χ3v) is 7.64. The van der Waals surface area contributed by atoms with Crippen LogP contribution in [-0.2, 0) is 6.42 Å². The van der Waals surface area contributed by atoms with Crippen molar-refractivity contribution < 1.29 is 14.3 Å². The Morgan fingerprint density at radius 1 is 1.17 bits per heavy atom. The summed E-state index contributed by atoms with van der Waals surface area (Å²) in [5.41, 5.74) is 4.79. The third-order valence-electron chi connectivity index (χ3n) is 6.62. The van der Waals surface area contributed by atoms with E-state index in [1.54, 1.807) is 20.4 Å². The number of methoxy groups -OCH3 is 2. The molecule has 7 nitrogen and oxygen atoms in total. The van der Waals surface area contributed by atoms with E-state index in [0.717, 1.165) is 45.2 Å². The second-order valence-electron chi connectivity index (χ2n) is 9.07. The number of thiazole rings is 1. The number of ether oxygens (including phenoxy) is 2. The van der Waals surface area contributed by atoms with Gasteiger partial charge in [-0.15, -0.1) is 11.3 Å². The molecule has 1 aliphatic rings. The van der Waals surface area contributed by atoms with Crippen molar-refractivity contribution >= 4 is 28.1 Å². The lowest BCUT2D eigenvalue weighted by Gasteiger charge is -2.22. The van der Waals surface area contributed by atoms with Gasteiger partial charge in [0.25, 0.3) is 5.91 Å². The highest BCUT2D eigenvalue weighted by Crippen LogP contribution is 2.35. The molecular formula is C27H30N4O3S. The summed E-state index contributed by atoms with van der Waals surface area (Å²) < 4.78 is 10.7. The smallest absolute Gasteiger partial charge is 0.274 e. The number of amides is 1. The van der Waals surface area contributed by atoms with Crippen LogP contribution >= 0.6 is 11.3 Å². The molecule has 3 heterocycles. The van der Waals surface area contributed by atoms with Crippen LogP contribution in [0.3, 0.4) is 0 Å². The number of hydrogen-bond acceptors (Lipinski definition) is 6. The molecule has 0 radical (unpaired) electrons. The van der Waals surface area contributed by atoms with E-state index in [0.29, 0.717) is 24.0 Å². The minimum absolute atomic E-state index is 0.0128. The van der Waals surface area contributed by atoms with Gasteiger partial charge in [0, 0.05) is 53.6 Å². The van der Waals surface area contributed by atoms with Crippen LogP contribution < -0.4 is 9.47 Å². The fraction of sp³-hybridized carbons (Fsp3) is 0.370. The summed E-state index contributed by atoms with van der Waals surface area (Å²) in [6.45, 7) is 5.42. The number of benzene rings is 1. The summed E-state index contributed by atoms with van der Waals surface area (Å²) in [4.78, 5) is 29.0. The average molecular weight is 491 g/mol. The molecule has 1 N–H and O–H groups in total. The number of aryl methyl sites for hydroxylation is 2. The van der Waals surface area contributed by atoms with E-state index in [2.05, 4.69) is 28.1 Å². The van der Waals surface area contributed by atoms with Gasteiger partial charge in [0.1, 0.15) is 11.4 Å². The molecule has 0 atom stereocenters. The number of pyridine rings is 1. The fourth-order valence-electron chi connectivity index (χ4n) is 4.58. The number of H-pyrrole nitrogens is 1. The lowest BCUT2D eigenvalue weighted by molar-refractivity contribution is 0.0745. The van der Waals surface area contributed by atoms with Gasteiger partial charge in [0.2, 0.25) is 5.88 Å². The van der Waals surface area contributed by atoms with Crippen LogP contribution in [0.4, 0.5) is 0 Å². The Balaban J connectivity index is 1.42. The molecule has 3 aromatic heterocycles. The number of carbonyl (C=O) groups excluding carboxylic acids is 1. The van der Waals surface area contributed by atoms with Crippen LogP contribution in [-0.4, -0.2) is 53.1 Å². The number of rotatable bonds is 9. The van der Waals surface area contributed by atoms with Gasteiger partial charge >= 0.3 is 0 Å². The maximum absolute atomic E-state index is 13.8. The molecule has 0 aliphatic heterocycles. The SMILES string of the molecule is COc1ccc(-c2sc(C)nc2C(=O)N(CCc2c[nH]c3ccc(OC)c(C)c23)CC2CC2)cn1. The van der Waals surface area contributed by atoms with E-state index in [1.165, 1.54) is 35.1 Å². The van der Waals surface area contributed by atoms with Crippen LogP contribution in [0.25, 0.3) is 21.3 Å². The maximum atomic E-state index is 13.8. The van der Waals surface area contributed by atoms with Crippen molar-refractivity contribution in [3.63, 3.8) is 0 Å². The topological polar surface area (TPSA) is 80.3 Å². The van der Waals surface area contributed by atoms with Crippen molar-refractivity contribution in [2.45, 2.75) is 33.1 Å². The quantitative estimate of drug-likeness (QED) is 0.339. The molecule has 1 aliphatic carbocycles. The Bertz CT molecular complexity index is 1360. The molecule has 5 rings (SSSR count). The Morgan fingerprint density at radius 3 is 2.69 bits per heavy atom. The number of carbonyl (C=O) groups is 1. The summed E-state index contributed by atoms with van der Waals surface area (Å²) in [6.07, 6.45) is 6.92. The van der Waals surface area contributed by atoms with Crippen molar-refractivity contribution in [2.75, 3.05) is 27.3 Å². The Hall–Kier alpha value is -3.39. The molecule has 1 amide bonds. The zero-order chi connectivity index (χ0) is 24.5. The standard InChI is InChI=1S/C27H30N4O3S/c1-16-22(33-3)9-8-21-24(16)19(13-28-21)11-12-31(15-18-5-6-18)27(32)25-26(35-17(2)30-25)20-7-10-23(34-4)29-14-20/h7-10,13-14,18,28H,5-6,11-12,15H2,1-4H3. The molecule has 0 spiro atoms. The monoisotopic (exact) mass is 490 g/mol. The predicted octanol–water partition coefficient (Wildman–Crippen LogP) is 5.42. The van der Waals surface area contributed by atoms with Crippen molar-refractivity contribution in [1.82, 2.24) is 19.9 Å². The Labute approximate surface area is 209 Å². The molecular weight excluding hydrogens is 460 g/mol. The minimum Gasteiger partial charge on any atom is -0.496 e. The molecule has 182 valence electrons. The molecule has 1 aromatic carbocycles. The second kappa shape index (κ2) is 9.70. The molecule has 8 heteroatoms. The molecule has 1 fully saturated rings. The van der Waals surface area contributed by atoms with Crippen LogP contribution in [0.15, 0.2) is 36.7 Å². The first-order chi connectivity index (χ1) is 17.0. The average Bonchev–Trinajstić information content (AvgIpc) is 3.46. The number of aromatic amines is 1. The van der Waals surface area contributed by atoms with E-state index in [9.17, 15) is 4.79 Å². The van der Waals surface area contributed by atoms with Gasteiger partial charge in [-0.1, -0.05) is 0 Å². The van der Waals surface area contributed by atoms with Crippen LogP contribution in [0.5, 0.6) is 11.6 Å². The van der Waals surface area contributed by atoms with Gasteiger partial charge in [0.05, 0.1) is 24.1 Å². The van der Waals surface area contributed by atoms with Crippen LogP contribution in [0, 0.1) is 19.8 Å². The van der Waals surface area contributed by atoms with Gasteiger partial charge in [-0.2, -0.15) is 0 Å². The zero-order valence-electron chi connectivity index (χ0n) is 20.6. The summed E-state index contributed by atoms with van der Waals surface area (Å²) in [5, 5.41) is 2.04. The lowest BCUT2D eigenvalue weighted by atomic mass is 10.0. The predicted molar refractivity (Wildman–Crippen MR) is 139 cm³/mol. The van der Waals surface area contributed by atoms with E-state index >= 15 is 0 Å². The van der Waals surface area contributed by atoms with E-state index < -0.39 is 0 Å². The number of aromatic nitrogens is 3. The van der Waals surface area contributed by atoms with Crippen molar-refractivity contribution in [1.29, 1.82) is 0 Å². The summed E-state index contributed by atoms with van der Waals surface area (Å²) in [6, 6.07) is 7.78. The van der Waals surface area contributed by atoms with Gasteiger partial charge in [-0.25, -0.2) is 9.97 Å². The van der Waals surface area contributed by atoms with Crippen LogP contribution in [0.2, 0.25) is 0 Å².